The second-order valence-corrected chi connectivity index (χ2v) is 5.51. The van der Waals surface area contributed by atoms with Crippen molar-refractivity contribution in [1.29, 1.82) is 0 Å². The van der Waals surface area contributed by atoms with Crippen LogP contribution in [0.4, 0.5) is 12.9 Å². The molecule has 0 saturated carbocycles. The summed E-state index contributed by atoms with van der Waals surface area (Å²) in [5.74, 6) is 0.653. The zero-order chi connectivity index (χ0) is 15.1. The van der Waals surface area contributed by atoms with E-state index in [0.717, 1.165) is 51.4 Å². The minimum absolute atomic E-state index is 0. The summed E-state index contributed by atoms with van der Waals surface area (Å²) < 4.78 is 49.1. The van der Waals surface area contributed by atoms with Crippen molar-refractivity contribution in [2.24, 2.45) is 5.92 Å². The number of hydrogen-bond acceptors (Lipinski definition) is 2. The van der Waals surface area contributed by atoms with Crippen LogP contribution < -0.4 is 61.6 Å². The summed E-state index contributed by atoms with van der Waals surface area (Å²) in [5.41, 5.74) is -0.637. The van der Waals surface area contributed by atoms with Crippen molar-refractivity contribution in [1.82, 2.24) is 0 Å². The van der Waals surface area contributed by atoms with Gasteiger partial charge in [-0.15, -0.1) is 0 Å². The second-order valence-electron chi connectivity index (χ2n) is 5.51. The molecule has 22 heavy (non-hydrogen) atoms. The Morgan fingerprint density at radius 1 is 1.09 bits per heavy atom. The van der Waals surface area contributed by atoms with Gasteiger partial charge < -0.3 is 22.4 Å². The van der Waals surface area contributed by atoms with Gasteiger partial charge in [0.1, 0.15) is 0 Å². The van der Waals surface area contributed by atoms with E-state index in [1.807, 2.05) is 0 Å². The average molecular weight is 340 g/mol. The first-order valence-corrected chi connectivity index (χ1v) is 7.57. The Kier molecular flexibility index (Phi) is 9.66. The second kappa shape index (κ2) is 10.4. The van der Waals surface area contributed by atoms with Gasteiger partial charge >= 0.3 is 58.4 Å². The van der Waals surface area contributed by atoms with Crippen LogP contribution in [0.3, 0.4) is 0 Å². The first kappa shape index (κ1) is 20.5. The van der Waals surface area contributed by atoms with Crippen LogP contribution in [-0.4, -0.2) is 26.8 Å². The smallest absolute Gasteiger partial charge is 0.497 e. The molecule has 1 aromatic carbocycles. The van der Waals surface area contributed by atoms with E-state index in [-0.39, 0.29) is 57.1 Å². The molecule has 0 aliphatic carbocycles. The van der Waals surface area contributed by atoms with Gasteiger partial charge in [0.15, 0.2) is 0 Å². The Morgan fingerprint density at radius 2 is 1.77 bits per heavy atom. The molecule has 0 N–H and O–H groups in total. The molecule has 2 rings (SSSR count). The van der Waals surface area contributed by atoms with E-state index in [2.05, 4.69) is 0 Å². The van der Waals surface area contributed by atoms with Crippen LogP contribution in [0, 0.1) is 5.92 Å². The molecule has 1 aromatic rings. The van der Waals surface area contributed by atoms with E-state index in [0.29, 0.717) is 12.5 Å². The number of rotatable bonds is 7. The van der Waals surface area contributed by atoms with E-state index in [9.17, 15) is 12.9 Å². The average Bonchev–Trinajstić information content (AvgIpc) is 2.47. The summed E-state index contributed by atoms with van der Waals surface area (Å²) in [4.78, 5) is 0. The topological polar surface area (TPSA) is 18.5 Å². The largest absolute Gasteiger partial charge is 1.00 e. The molecule has 1 aliphatic rings. The van der Waals surface area contributed by atoms with Crippen molar-refractivity contribution in [2.75, 3.05) is 19.8 Å². The van der Waals surface area contributed by atoms with E-state index in [1.54, 1.807) is 6.07 Å². The van der Waals surface area contributed by atoms with Crippen LogP contribution in [-0.2, 0) is 4.74 Å². The summed E-state index contributed by atoms with van der Waals surface area (Å²) in [7, 11) is 0. The molecule has 1 saturated heterocycles. The standard InChI is InChI=1S/C15H21BF3O2.K/c17-16(18,19)14-6-1-2-7-15(14)21-10-4-3-5-13-8-11-20-12-9-13;/h1-2,6-7,13H,3-5,8-12H2;/q-1;+1. The van der Waals surface area contributed by atoms with Crippen molar-refractivity contribution in [2.45, 2.75) is 32.1 Å². The maximum absolute atomic E-state index is 12.8. The van der Waals surface area contributed by atoms with Crippen molar-refractivity contribution in [3.8, 4) is 5.75 Å². The zero-order valence-corrected chi connectivity index (χ0v) is 16.2. The number of ether oxygens (including phenoxy) is 2. The molecule has 0 bridgehead atoms. The Hall–Kier alpha value is 0.471. The predicted octanol–water partition coefficient (Wildman–Crippen LogP) is 0.721. The third-order valence-electron chi connectivity index (χ3n) is 3.88. The fourth-order valence-electron chi connectivity index (χ4n) is 2.63. The Balaban J connectivity index is 0.00000242. The molecule has 0 aromatic heterocycles. The molecule has 2 nitrogen and oxygen atoms in total. The molecule has 1 heterocycles. The van der Waals surface area contributed by atoms with E-state index < -0.39 is 12.4 Å². The van der Waals surface area contributed by atoms with Crippen LogP contribution in [0.5, 0.6) is 5.75 Å². The molecule has 0 unspecified atom stereocenters. The van der Waals surface area contributed by atoms with Gasteiger partial charge in [0.2, 0.25) is 0 Å². The molecular formula is C15H21BF3KO2. The predicted molar refractivity (Wildman–Crippen MR) is 78.0 cm³/mol. The first-order valence-electron chi connectivity index (χ1n) is 7.57. The normalized spacial score (nSPS) is 16.1. The van der Waals surface area contributed by atoms with Crippen molar-refractivity contribution < 1.29 is 73.8 Å². The third-order valence-corrected chi connectivity index (χ3v) is 3.88. The van der Waals surface area contributed by atoms with Gasteiger partial charge in [-0.05, 0) is 37.7 Å². The van der Waals surface area contributed by atoms with Crippen LogP contribution in [0.25, 0.3) is 0 Å². The Morgan fingerprint density at radius 3 is 2.45 bits per heavy atom. The van der Waals surface area contributed by atoms with Gasteiger partial charge in [0.05, 0.1) is 12.4 Å². The number of hydrogen-bond donors (Lipinski definition) is 0. The molecule has 7 heteroatoms. The van der Waals surface area contributed by atoms with Crippen molar-refractivity contribution in [3.05, 3.63) is 24.3 Å². The number of halogens is 3. The van der Waals surface area contributed by atoms with Crippen LogP contribution in [0.2, 0.25) is 0 Å². The first-order chi connectivity index (χ1) is 10.1. The van der Waals surface area contributed by atoms with Crippen molar-refractivity contribution in [3.63, 3.8) is 0 Å². The van der Waals surface area contributed by atoms with E-state index >= 15 is 0 Å². The summed E-state index contributed by atoms with van der Waals surface area (Å²) in [6.07, 6.45) is 5.08. The molecule has 0 radical (unpaired) electrons. The third kappa shape index (κ3) is 6.93. The van der Waals surface area contributed by atoms with E-state index in [4.69, 9.17) is 9.47 Å². The van der Waals surface area contributed by atoms with Crippen LogP contribution in [0.15, 0.2) is 24.3 Å². The Bertz CT molecular complexity index is 437. The number of benzene rings is 1. The molecular weight excluding hydrogens is 319 g/mol. The summed E-state index contributed by atoms with van der Waals surface area (Å²) in [6, 6.07) is 5.44. The fourth-order valence-corrected chi connectivity index (χ4v) is 2.63. The number of para-hydroxylation sites is 1. The monoisotopic (exact) mass is 340 g/mol. The molecule has 1 fully saturated rings. The zero-order valence-electron chi connectivity index (χ0n) is 13.1. The molecule has 1 aliphatic heterocycles. The van der Waals surface area contributed by atoms with Gasteiger partial charge in [0, 0.05) is 13.2 Å². The summed E-state index contributed by atoms with van der Waals surface area (Å²) in [6.45, 7) is -3.00. The van der Waals surface area contributed by atoms with Crippen LogP contribution >= 0.6 is 0 Å². The number of unbranched alkanes of at least 4 members (excludes halogenated alkanes) is 1. The van der Waals surface area contributed by atoms with Gasteiger partial charge in [-0.2, -0.15) is 0 Å². The quantitative estimate of drug-likeness (QED) is 0.538. The molecule has 0 amide bonds. The molecule has 118 valence electrons. The summed E-state index contributed by atoms with van der Waals surface area (Å²) in [5, 5.41) is 0. The van der Waals surface area contributed by atoms with Gasteiger partial charge in [-0.1, -0.05) is 30.1 Å². The fraction of sp³-hybridized carbons (Fsp3) is 0.600. The SMILES string of the molecule is F[B-](F)(F)c1ccccc1OCCCCC1CCOCC1.[K+]. The van der Waals surface area contributed by atoms with E-state index in [1.165, 1.54) is 12.1 Å². The van der Waals surface area contributed by atoms with Gasteiger partial charge in [-0.3, -0.25) is 0 Å². The van der Waals surface area contributed by atoms with Gasteiger partial charge in [0.25, 0.3) is 0 Å². The van der Waals surface area contributed by atoms with Crippen LogP contribution in [0.1, 0.15) is 32.1 Å². The van der Waals surface area contributed by atoms with Gasteiger partial charge in [-0.25, -0.2) is 0 Å². The minimum Gasteiger partial charge on any atom is -0.497 e. The minimum atomic E-state index is -5.01. The molecule has 0 atom stereocenters. The maximum Gasteiger partial charge on any atom is 1.00 e. The molecule has 0 spiro atoms. The maximum atomic E-state index is 12.8. The van der Waals surface area contributed by atoms with Crippen molar-refractivity contribution >= 4 is 12.4 Å². The summed E-state index contributed by atoms with van der Waals surface area (Å²) >= 11 is 0. The Labute approximate surface area is 172 Å².